The molecule has 0 saturated carbocycles. The molecule has 3 aromatic rings. The van der Waals surface area contributed by atoms with E-state index in [1.807, 2.05) is 48.5 Å². The molecule has 8 nitrogen and oxygen atoms in total. The quantitative estimate of drug-likeness (QED) is 0.275. The van der Waals surface area contributed by atoms with Crippen LogP contribution < -0.4 is 24.4 Å². The number of allylic oxidation sites excluding steroid dienone is 1. The first-order valence-corrected chi connectivity index (χ1v) is 13.3. The summed E-state index contributed by atoms with van der Waals surface area (Å²) in [5, 5.41) is 0. The number of benzene rings is 2. The molecule has 0 bridgehead atoms. The summed E-state index contributed by atoms with van der Waals surface area (Å²) in [5.41, 5.74) is 2.03. The van der Waals surface area contributed by atoms with E-state index in [-0.39, 0.29) is 24.3 Å². The fourth-order valence-electron chi connectivity index (χ4n) is 4.24. The summed E-state index contributed by atoms with van der Waals surface area (Å²) in [6, 6.07) is 14.2. The molecule has 1 aliphatic heterocycles. The molecule has 1 aromatic heterocycles. The third-order valence-electron chi connectivity index (χ3n) is 6.12. The summed E-state index contributed by atoms with van der Waals surface area (Å²) in [4.78, 5) is 32.2. The molecule has 0 saturated heterocycles. The van der Waals surface area contributed by atoms with E-state index in [1.54, 1.807) is 24.7 Å². The molecule has 38 heavy (non-hydrogen) atoms. The molecule has 1 atom stereocenters. The summed E-state index contributed by atoms with van der Waals surface area (Å²) in [6.45, 7) is 4.86. The van der Waals surface area contributed by atoms with E-state index >= 15 is 0 Å². The number of methoxy groups -OCH3 is 2. The van der Waals surface area contributed by atoms with Crippen molar-refractivity contribution in [3.8, 4) is 11.5 Å². The van der Waals surface area contributed by atoms with Gasteiger partial charge in [-0.25, -0.2) is 9.79 Å². The van der Waals surface area contributed by atoms with E-state index in [1.165, 1.54) is 18.4 Å². The van der Waals surface area contributed by atoms with E-state index in [0.29, 0.717) is 33.0 Å². The molecule has 0 spiro atoms. The van der Waals surface area contributed by atoms with Crippen LogP contribution in [0, 0.1) is 0 Å². The molecule has 0 aliphatic carbocycles. The number of carbonyl (C=O) groups excluding carboxylic acids is 1. The SMILES string of the molecule is CCCCOc1cccc(C=c2sc3n(c2=O)C(c2ccccc2OC)C(C(=O)OCCOC)=C(C)N=3)c1. The monoisotopic (exact) mass is 536 g/mol. The van der Waals surface area contributed by atoms with Crippen LogP contribution in [-0.4, -0.2) is 44.6 Å². The van der Waals surface area contributed by atoms with Crippen LogP contribution in [0.1, 0.15) is 43.9 Å². The molecule has 200 valence electrons. The zero-order valence-corrected chi connectivity index (χ0v) is 22.9. The van der Waals surface area contributed by atoms with E-state index in [2.05, 4.69) is 11.9 Å². The van der Waals surface area contributed by atoms with Gasteiger partial charge < -0.3 is 18.9 Å². The van der Waals surface area contributed by atoms with Crippen molar-refractivity contribution in [2.24, 2.45) is 4.99 Å². The van der Waals surface area contributed by atoms with Crippen LogP contribution in [0.4, 0.5) is 0 Å². The fraction of sp³-hybridized carbons (Fsp3) is 0.345. The second-order valence-electron chi connectivity index (χ2n) is 8.73. The Labute approximate surface area is 225 Å². The Hall–Kier alpha value is -3.69. The van der Waals surface area contributed by atoms with Crippen LogP contribution in [0.25, 0.3) is 6.08 Å². The predicted octanol–water partition coefficient (Wildman–Crippen LogP) is 3.61. The first kappa shape index (κ1) is 27.3. The van der Waals surface area contributed by atoms with Crippen molar-refractivity contribution >= 4 is 23.4 Å². The number of hydrogen-bond donors (Lipinski definition) is 0. The summed E-state index contributed by atoms with van der Waals surface area (Å²) in [5.74, 6) is 0.759. The molecule has 0 fully saturated rings. The van der Waals surface area contributed by atoms with Crippen molar-refractivity contribution in [3.05, 3.63) is 90.6 Å². The lowest BCUT2D eigenvalue weighted by molar-refractivity contribution is -0.140. The lowest BCUT2D eigenvalue weighted by Crippen LogP contribution is -2.40. The number of para-hydroxylation sites is 1. The maximum Gasteiger partial charge on any atom is 0.338 e. The van der Waals surface area contributed by atoms with Gasteiger partial charge >= 0.3 is 5.97 Å². The standard InChI is InChI=1S/C29H32N2O6S/c1-5-6-14-36-21-11-9-10-20(17-21)18-24-27(32)31-26(22-12-7-8-13-23(22)35-4)25(19(2)30-29(31)38-24)28(33)37-16-15-34-3/h7-13,17-18,26H,5-6,14-16H2,1-4H3. The van der Waals surface area contributed by atoms with E-state index in [0.717, 1.165) is 24.2 Å². The highest BCUT2D eigenvalue weighted by Crippen LogP contribution is 2.35. The number of ether oxygens (including phenoxy) is 4. The van der Waals surface area contributed by atoms with Gasteiger partial charge in [-0.3, -0.25) is 9.36 Å². The Morgan fingerprint density at radius 1 is 1.11 bits per heavy atom. The maximum absolute atomic E-state index is 13.8. The zero-order valence-electron chi connectivity index (χ0n) is 22.1. The maximum atomic E-state index is 13.8. The molecule has 1 aliphatic rings. The van der Waals surface area contributed by atoms with Crippen molar-refractivity contribution in [1.29, 1.82) is 0 Å². The van der Waals surface area contributed by atoms with Crippen LogP contribution >= 0.6 is 11.3 Å². The Bertz CT molecular complexity index is 1500. The number of nitrogens with zero attached hydrogens (tertiary/aromatic N) is 2. The summed E-state index contributed by atoms with van der Waals surface area (Å²) in [6.07, 6.45) is 3.85. The van der Waals surface area contributed by atoms with Gasteiger partial charge in [-0.1, -0.05) is 55.0 Å². The van der Waals surface area contributed by atoms with E-state index in [4.69, 9.17) is 18.9 Å². The Morgan fingerprint density at radius 3 is 2.68 bits per heavy atom. The second-order valence-corrected chi connectivity index (χ2v) is 9.74. The number of fused-ring (bicyclic) bond motifs is 1. The third-order valence-corrected chi connectivity index (χ3v) is 7.10. The number of thiazole rings is 1. The second kappa shape index (κ2) is 12.7. The molecule has 4 rings (SSSR count). The first-order valence-electron chi connectivity index (χ1n) is 12.5. The minimum atomic E-state index is -0.761. The van der Waals surface area contributed by atoms with Crippen LogP contribution in [0.5, 0.6) is 11.5 Å². The van der Waals surface area contributed by atoms with Gasteiger partial charge in [0.15, 0.2) is 4.80 Å². The highest BCUT2D eigenvalue weighted by Gasteiger charge is 2.35. The van der Waals surface area contributed by atoms with Gasteiger partial charge in [0.25, 0.3) is 5.56 Å². The zero-order chi connectivity index (χ0) is 27.1. The topological polar surface area (TPSA) is 88.4 Å². The summed E-state index contributed by atoms with van der Waals surface area (Å²) in [7, 11) is 3.10. The van der Waals surface area contributed by atoms with Gasteiger partial charge in [-0.2, -0.15) is 0 Å². The number of aromatic nitrogens is 1. The predicted molar refractivity (Wildman–Crippen MR) is 146 cm³/mol. The highest BCUT2D eigenvalue weighted by molar-refractivity contribution is 7.07. The average Bonchev–Trinajstić information content (AvgIpc) is 3.22. The van der Waals surface area contributed by atoms with Gasteiger partial charge in [-0.05, 0) is 43.2 Å². The third kappa shape index (κ3) is 5.89. The van der Waals surface area contributed by atoms with Crippen LogP contribution in [0.2, 0.25) is 0 Å². The van der Waals surface area contributed by atoms with Crippen molar-refractivity contribution < 1.29 is 23.7 Å². The van der Waals surface area contributed by atoms with Gasteiger partial charge in [0.05, 0.1) is 36.1 Å². The van der Waals surface area contributed by atoms with Gasteiger partial charge in [0, 0.05) is 12.7 Å². The lowest BCUT2D eigenvalue weighted by Gasteiger charge is -2.26. The molecular weight excluding hydrogens is 504 g/mol. The number of unbranched alkanes of at least 4 members (excludes halogenated alkanes) is 1. The highest BCUT2D eigenvalue weighted by atomic mass is 32.1. The van der Waals surface area contributed by atoms with Crippen molar-refractivity contribution in [2.45, 2.75) is 32.7 Å². The molecule has 9 heteroatoms. The van der Waals surface area contributed by atoms with Gasteiger partial charge in [0.2, 0.25) is 0 Å². The molecule has 2 heterocycles. The van der Waals surface area contributed by atoms with Crippen molar-refractivity contribution in [1.82, 2.24) is 4.57 Å². The molecule has 0 amide bonds. The number of hydrogen-bond acceptors (Lipinski definition) is 8. The molecule has 0 radical (unpaired) electrons. The Balaban J connectivity index is 1.83. The molecule has 2 aromatic carbocycles. The van der Waals surface area contributed by atoms with Gasteiger partial charge in [-0.15, -0.1) is 0 Å². The fourth-order valence-corrected chi connectivity index (χ4v) is 5.29. The summed E-state index contributed by atoms with van der Waals surface area (Å²) < 4.78 is 24.0. The molecule has 1 unspecified atom stereocenters. The number of esters is 1. The Kier molecular flexibility index (Phi) is 9.15. The summed E-state index contributed by atoms with van der Waals surface area (Å²) >= 11 is 1.28. The minimum absolute atomic E-state index is 0.0891. The largest absolute Gasteiger partial charge is 0.496 e. The minimum Gasteiger partial charge on any atom is -0.496 e. The Morgan fingerprint density at radius 2 is 1.92 bits per heavy atom. The number of rotatable bonds is 11. The van der Waals surface area contributed by atoms with Crippen LogP contribution in [0.15, 0.2) is 69.6 Å². The normalized spacial score (nSPS) is 15.2. The van der Waals surface area contributed by atoms with Crippen molar-refractivity contribution in [2.75, 3.05) is 34.0 Å². The van der Waals surface area contributed by atoms with Crippen LogP contribution in [0.3, 0.4) is 0 Å². The van der Waals surface area contributed by atoms with E-state index in [9.17, 15) is 9.59 Å². The average molecular weight is 537 g/mol. The molecular formula is C29H32N2O6S. The smallest absolute Gasteiger partial charge is 0.338 e. The van der Waals surface area contributed by atoms with Gasteiger partial charge in [0.1, 0.15) is 24.1 Å². The van der Waals surface area contributed by atoms with E-state index < -0.39 is 12.0 Å². The number of carbonyl (C=O) groups is 1. The first-order chi connectivity index (χ1) is 18.5. The van der Waals surface area contributed by atoms with Crippen LogP contribution in [-0.2, 0) is 14.3 Å². The molecule has 0 N–H and O–H groups in total. The van der Waals surface area contributed by atoms with Crippen molar-refractivity contribution in [3.63, 3.8) is 0 Å². The lowest BCUT2D eigenvalue weighted by atomic mass is 9.95.